The molecule has 1 atom stereocenters. The minimum Gasteiger partial charge on any atom is -0.455 e. The fourth-order valence-corrected chi connectivity index (χ4v) is 4.20. The number of benzene rings is 2. The predicted octanol–water partition coefficient (Wildman–Crippen LogP) is 6.06. The van der Waals surface area contributed by atoms with Crippen LogP contribution >= 0.6 is 11.3 Å². The molecule has 0 amide bonds. The van der Waals surface area contributed by atoms with E-state index in [1.165, 1.54) is 17.0 Å². The van der Waals surface area contributed by atoms with Crippen molar-refractivity contribution in [2.45, 2.75) is 52.7 Å². The molecule has 1 unspecified atom stereocenters. The molecule has 0 spiro atoms. The number of aromatic nitrogens is 1. The van der Waals surface area contributed by atoms with Gasteiger partial charge in [0.25, 0.3) is 0 Å². The number of thiazole rings is 1. The van der Waals surface area contributed by atoms with Crippen LogP contribution in [0.25, 0.3) is 11.3 Å². The molecule has 0 aliphatic carbocycles. The second kappa shape index (κ2) is 10.5. The highest BCUT2D eigenvalue weighted by molar-refractivity contribution is 7.12. The molecule has 0 aliphatic heterocycles. The summed E-state index contributed by atoms with van der Waals surface area (Å²) in [6, 6.07) is 11.9. The highest BCUT2D eigenvalue weighted by Gasteiger charge is 2.17. The second-order valence-electron chi connectivity index (χ2n) is 7.71. The van der Waals surface area contributed by atoms with Crippen molar-refractivity contribution in [3.05, 3.63) is 63.7 Å². The van der Waals surface area contributed by atoms with E-state index in [-0.39, 0.29) is 11.4 Å². The lowest BCUT2D eigenvalue weighted by atomic mass is 10.1. The molecule has 3 aromatic rings. The number of amidine groups is 1. The highest BCUT2D eigenvalue weighted by atomic mass is 32.1. The number of aryl methyl sites for hydroxylation is 1. The van der Waals surface area contributed by atoms with Crippen LogP contribution in [0.3, 0.4) is 0 Å². The average molecular weight is 458 g/mol. The van der Waals surface area contributed by atoms with E-state index in [1.54, 1.807) is 17.4 Å². The highest BCUT2D eigenvalue weighted by Crippen LogP contribution is 2.34. The smallest absolute Gasteiger partial charge is 0.241 e. The molecule has 0 saturated heterocycles. The maximum Gasteiger partial charge on any atom is 0.241 e. The Morgan fingerprint density at radius 3 is 2.41 bits per heavy atom. The zero-order chi connectivity index (χ0) is 23.3. The maximum absolute atomic E-state index is 14.2. The molecule has 0 aliphatic rings. The standard InChI is InChI=1S/C24H28FN3O3S/c1-5-6-21(31-18-11-12-19(20(25)13-18)24(26)28-29)30-17-9-7-16(8-10-17)22-23(14(2)3)32-15(4)27-22/h7-14,21,29H,5-6H2,1-4H3,(H2,26,28). The molecule has 8 heteroatoms. The molecule has 170 valence electrons. The van der Waals surface area contributed by atoms with Crippen LogP contribution in [0, 0.1) is 12.7 Å². The van der Waals surface area contributed by atoms with Crippen molar-refractivity contribution >= 4 is 17.2 Å². The van der Waals surface area contributed by atoms with Gasteiger partial charge in [-0.3, -0.25) is 0 Å². The Morgan fingerprint density at radius 2 is 1.81 bits per heavy atom. The quantitative estimate of drug-likeness (QED) is 0.134. The Kier molecular flexibility index (Phi) is 7.69. The van der Waals surface area contributed by atoms with E-state index in [0.29, 0.717) is 23.8 Å². The van der Waals surface area contributed by atoms with Crippen molar-refractivity contribution in [3.63, 3.8) is 0 Å². The molecule has 0 radical (unpaired) electrons. The normalized spacial score (nSPS) is 12.8. The van der Waals surface area contributed by atoms with Crippen LogP contribution in [0.1, 0.15) is 55.0 Å². The van der Waals surface area contributed by atoms with Gasteiger partial charge in [0.1, 0.15) is 17.3 Å². The minimum atomic E-state index is -0.642. The fraction of sp³-hybridized carbons (Fsp3) is 0.333. The first-order chi connectivity index (χ1) is 15.3. The van der Waals surface area contributed by atoms with Gasteiger partial charge in [-0.15, -0.1) is 11.3 Å². The van der Waals surface area contributed by atoms with Crippen LogP contribution in [-0.4, -0.2) is 22.3 Å². The number of ether oxygens (including phenoxy) is 2. The third-order valence-electron chi connectivity index (χ3n) is 4.80. The second-order valence-corrected chi connectivity index (χ2v) is 8.94. The molecule has 3 rings (SSSR count). The van der Waals surface area contributed by atoms with Crippen LogP contribution in [-0.2, 0) is 0 Å². The summed E-state index contributed by atoms with van der Waals surface area (Å²) in [6.07, 6.45) is 0.852. The molecule has 1 heterocycles. The average Bonchev–Trinajstić information content (AvgIpc) is 3.16. The van der Waals surface area contributed by atoms with E-state index >= 15 is 0 Å². The predicted molar refractivity (Wildman–Crippen MR) is 125 cm³/mol. The molecular formula is C24H28FN3O3S. The zero-order valence-corrected chi connectivity index (χ0v) is 19.4. The molecule has 2 aromatic carbocycles. The van der Waals surface area contributed by atoms with Crippen LogP contribution in [0.15, 0.2) is 47.6 Å². The maximum atomic E-state index is 14.2. The number of nitrogens with zero attached hydrogens (tertiary/aromatic N) is 2. The largest absolute Gasteiger partial charge is 0.455 e. The number of hydrogen-bond acceptors (Lipinski definition) is 6. The van der Waals surface area contributed by atoms with E-state index in [2.05, 4.69) is 19.0 Å². The summed E-state index contributed by atoms with van der Waals surface area (Å²) in [7, 11) is 0. The Balaban J connectivity index is 1.75. The van der Waals surface area contributed by atoms with Gasteiger partial charge < -0.3 is 20.4 Å². The number of oxime groups is 1. The molecule has 1 aromatic heterocycles. The summed E-state index contributed by atoms with van der Waals surface area (Å²) >= 11 is 1.72. The summed E-state index contributed by atoms with van der Waals surface area (Å²) in [5, 5.41) is 12.6. The van der Waals surface area contributed by atoms with Gasteiger partial charge in [-0.2, -0.15) is 0 Å². The van der Waals surface area contributed by atoms with Gasteiger partial charge in [-0.1, -0.05) is 25.9 Å². The molecule has 0 saturated carbocycles. The monoisotopic (exact) mass is 457 g/mol. The van der Waals surface area contributed by atoms with Crippen LogP contribution in [0.4, 0.5) is 4.39 Å². The minimum absolute atomic E-state index is 0.00134. The topological polar surface area (TPSA) is 90.0 Å². The molecule has 0 bridgehead atoms. The lowest BCUT2D eigenvalue weighted by molar-refractivity contribution is -0.00122. The van der Waals surface area contributed by atoms with Crippen molar-refractivity contribution in [2.75, 3.05) is 0 Å². The Hall–Kier alpha value is -3.13. The molecular weight excluding hydrogens is 429 g/mol. The van der Waals surface area contributed by atoms with Gasteiger partial charge in [0.05, 0.1) is 16.3 Å². The lowest BCUT2D eigenvalue weighted by Gasteiger charge is -2.20. The van der Waals surface area contributed by atoms with Gasteiger partial charge in [-0.25, -0.2) is 9.37 Å². The van der Waals surface area contributed by atoms with E-state index in [1.807, 2.05) is 38.1 Å². The van der Waals surface area contributed by atoms with Crippen molar-refractivity contribution in [3.8, 4) is 22.8 Å². The number of nitrogens with two attached hydrogens (primary N) is 1. The van der Waals surface area contributed by atoms with Gasteiger partial charge in [0.2, 0.25) is 6.29 Å². The van der Waals surface area contributed by atoms with Crippen LogP contribution in [0.2, 0.25) is 0 Å². The first kappa shape index (κ1) is 23.5. The van der Waals surface area contributed by atoms with Gasteiger partial charge in [0.15, 0.2) is 5.84 Å². The van der Waals surface area contributed by atoms with Crippen molar-refractivity contribution < 1.29 is 19.1 Å². The zero-order valence-electron chi connectivity index (χ0n) is 18.6. The van der Waals surface area contributed by atoms with E-state index in [9.17, 15) is 4.39 Å². The molecule has 32 heavy (non-hydrogen) atoms. The third kappa shape index (κ3) is 5.56. The summed E-state index contributed by atoms with van der Waals surface area (Å²) in [6.45, 7) is 8.37. The van der Waals surface area contributed by atoms with E-state index < -0.39 is 12.1 Å². The van der Waals surface area contributed by atoms with Crippen molar-refractivity contribution in [1.82, 2.24) is 4.98 Å². The number of rotatable bonds is 9. The number of halogens is 1. The first-order valence-electron chi connectivity index (χ1n) is 10.5. The van der Waals surface area contributed by atoms with Gasteiger partial charge >= 0.3 is 0 Å². The summed E-state index contributed by atoms with van der Waals surface area (Å²) < 4.78 is 26.1. The van der Waals surface area contributed by atoms with Gasteiger partial charge in [-0.05, 0) is 55.7 Å². The summed E-state index contributed by atoms with van der Waals surface area (Å²) in [5.74, 6) is 0.411. The van der Waals surface area contributed by atoms with Gasteiger partial charge in [0, 0.05) is 22.9 Å². The van der Waals surface area contributed by atoms with Crippen molar-refractivity contribution in [2.24, 2.45) is 10.9 Å². The molecule has 3 N–H and O–H groups in total. The summed E-state index contributed by atoms with van der Waals surface area (Å²) in [4.78, 5) is 5.96. The lowest BCUT2D eigenvalue weighted by Crippen LogP contribution is -2.24. The third-order valence-corrected chi connectivity index (χ3v) is 6.07. The Bertz CT molecular complexity index is 1080. The van der Waals surface area contributed by atoms with Crippen LogP contribution in [0.5, 0.6) is 11.5 Å². The number of hydrogen-bond donors (Lipinski definition) is 2. The van der Waals surface area contributed by atoms with E-state index in [0.717, 1.165) is 22.7 Å². The Morgan fingerprint density at radius 1 is 1.16 bits per heavy atom. The van der Waals surface area contributed by atoms with E-state index in [4.69, 9.17) is 25.4 Å². The SMILES string of the molecule is CCCC(Oc1ccc(-c2nc(C)sc2C(C)C)cc1)Oc1ccc(/C(N)=N/O)c(F)c1. The molecule has 0 fully saturated rings. The molecule has 6 nitrogen and oxygen atoms in total. The first-order valence-corrected chi connectivity index (χ1v) is 11.3. The van der Waals surface area contributed by atoms with Crippen LogP contribution < -0.4 is 15.2 Å². The Labute approximate surface area is 191 Å². The summed E-state index contributed by atoms with van der Waals surface area (Å²) in [5.41, 5.74) is 7.52. The fourth-order valence-electron chi connectivity index (χ4n) is 3.24. The van der Waals surface area contributed by atoms with Crippen molar-refractivity contribution in [1.29, 1.82) is 0 Å².